The van der Waals surface area contributed by atoms with Crippen LogP contribution < -0.4 is 0 Å². The number of alkyl halides is 4. The maximum Gasteiger partial charge on any atom is 0.339 e. The van der Waals surface area contributed by atoms with Gasteiger partial charge in [-0.05, 0) is 12.5 Å². The first-order chi connectivity index (χ1) is 5.29. The molecule has 0 aromatic heterocycles. The van der Waals surface area contributed by atoms with Gasteiger partial charge in [0.1, 0.15) is 6.10 Å². The van der Waals surface area contributed by atoms with Crippen molar-refractivity contribution >= 4 is 0 Å². The molecule has 1 atom stereocenters. The van der Waals surface area contributed by atoms with Gasteiger partial charge in [-0.2, -0.15) is 17.6 Å². The van der Waals surface area contributed by atoms with Crippen LogP contribution in [0.2, 0.25) is 0 Å². The third-order valence-corrected chi connectivity index (χ3v) is 1.51. The summed E-state index contributed by atoms with van der Waals surface area (Å²) in [4.78, 5) is 0. The Bertz CT molecular complexity index is 167. The van der Waals surface area contributed by atoms with Gasteiger partial charge in [0.25, 0.3) is 0 Å². The van der Waals surface area contributed by atoms with Gasteiger partial charge in [-0.15, -0.1) is 0 Å². The molecule has 1 N–H and O–H groups in total. The van der Waals surface area contributed by atoms with E-state index in [4.69, 9.17) is 5.11 Å². The second-order valence-electron chi connectivity index (χ2n) is 2.37. The van der Waals surface area contributed by atoms with Gasteiger partial charge < -0.3 is 5.11 Å². The Kier molecular flexibility index (Phi) is 3.26. The lowest BCUT2D eigenvalue weighted by molar-refractivity contribution is -0.230. The van der Waals surface area contributed by atoms with Crippen LogP contribution in [0.4, 0.5) is 17.6 Å². The standard InChI is InChI=1S/C7H10F4O/c1-3-5(12)7(10,11)6(8,9)4-2/h4-5,12H,2-3H2,1H3. The molecule has 1 unspecified atom stereocenters. The Labute approximate surface area is 67.7 Å². The Morgan fingerprint density at radius 2 is 1.83 bits per heavy atom. The molecule has 0 aliphatic heterocycles. The quantitative estimate of drug-likeness (QED) is 0.527. The van der Waals surface area contributed by atoms with Crippen molar-refractivity contribution < 1.29 is 22.7 Å². The van der Waals surface area contributed by atoms with Crippen molar-refractivity contribution in [3.63, 3.8) is 0 Å². The molecule has 0 fully saturated rings. The summed E-state index contributed by atoms with van der Waals surface area (Å²) in [6.45, 7) is 3.77. The smallest absolute Gasteiger partial charge is 0.339 e. The summed E-state index contributed by atoms with van der Waals surface area (Å²) in [5, 5.41) is 8.57. The molecule has 0 aliphatic carbocycles. The van der Waals surface area contributed by atoms with Gasteiger partial charge in [0, 0.05) is 0 Å². The summed E-state index contributed by atoms with van der Waals surface area (Å²) >= 11 is 0. The van der Waals surface area contributed by atoms with E-state index in [1.165, 1.54) is 6.92 Å². The molecule has 0 radical (unpaired) electrons. The largest absolute Gasteiger partial charge is 0.387 e. The van der Waals surface area contributed by atoms with Crippen molar-refractivity contribution in [2.24, 2.45) is 0 Å². The van der Waals surface area contributed by atoms with Crippen molar-refractivity contribution in [2.45, 2.75) is 31.3 Å². The first-order valence-electron chi connectivity index (χ1n) is 3.37. The van der Waals surface area contributed by atoms with E-state index in [9.17, 15) is 17.6 Å². The third-order valence-electron chi connectivity index (χ3n) is 1.51. The summed E-state index contributed by atoms with van der Waals surface area (Å²) in [6.07, 6.45) is -2.94. The van der Waals surface area contributed by atoms with Gasteiger partial charge >= 0.3 is 11.8 Å². The maximum atomic E-state index is 12.5. The van der Waals surface area contributed by atoms with Gasteiger partial charge in [0.15, 0.2) is 0 Å². The van der Waals surface area contributed by atoms with E-state index in [0.717, 1.165) is 0 Å². The normalized spacial score (nSPS) is 15.8. The topological polar surface area (TPSA) is 20.2 Å². The minimum absolute atomic E-state index is 0.161. The molecule has 0 spiro atoms. The second-order valence-corrected chi connectivity index (χ2v) is 2.37. The average Bonchev–Trinajstić information content (AvgIpc) is 2.02. The fourth-order valence-corrected chi connectivity index (χ4v) is 0.615. The molecule has 0 heterocycles. The minimum atomic E-state index is -4.44. The van der Waals surface area contributed by atoms with Gasteiger partial charge in [0.05, 0.1) is 0 Å². The van der Waals surface area contributed by atoms with Crippen LogP contribution in [0.1, 0.15) is 13.3 Å². The van der Waals surface area contributed by atoms with Crippen molar-refractivity contribution in [1.82, 2.24) is 0 Å². The lowest BCUT2D eigenvalue weighted by Gasteiger charge is -2.27. The predicted octanol–water partition coefficient (Wildman–Crippen LogP) is 2.21. The van der Waals surface area contributed by atoms with Crippen LogP contribution in [0.5, 0.6) is 0 Å². The summed E-state index contributed by atoms with van der Waals surface area (Å²) in [5.41, 5.74) is 0. The van der Waals surface area contributed by atoms with E-state index in [2.05, 4.69) is 6.58 Å². The molecule has 0 bridgehead atoms. The van der Waals surface area contributed by atoms with Crippen molar-refractivity contribution in [3.05, 3.63) is 12.7 Å². The fraction of sp³-hybridized carbons (Fsp3) is 0.714. The highest BCUT2D eigenvalue weighted by Crippen LogP contribution is 2.38. The lowest BCUT2D eigenvalue weighted by Crippen LogP contribution is -2.48. The minimum Gasteiger partial charge on any atom is -0.387 e. The van der Waals surface area contributed by atoms with Crippen LogP contribution >= 0.6 is 0 Å². The number of aliphatic hydroxyl groups is 1. The van der Waals surface area contributed by atoms with Crippen molar-refractivity contribution in [2.75, 3.05) is 0 Å². The monoisotopic (exact) mass is 186 g/mol. The van der Waals surface area contributed by atoms with Gasteiger partial charge in [-0.3, -0.25) is 0 Å². The Morgan fingerprint density at radius 3 is 2.08 bits per heavy atom. The zero-order valence-corrected chi connectivity index (χ0v) is 6.53. The number of allylic oxidation sites excluding steroid dienone is 1. The van der Waals surface area contributed by atoms with Crippen molar-refractivity contribution in [3.8, 4) is 0 Å². The SMILES string of the molecule is C=CC(F)(F)C(F)(F)C(O)CC. The van der Waals surface area contributed by atoms with E-state index in [0.29, 0.717) is 0 Å². The molecule has 0 saturated heterocycles. The lowest BCUT2D eigenvalue weighted by atomic mass is 10.0. The highest BCUT2D eigenvalue weighted by Gasteiger charge is 2.58. The van der Waals surface area contributed by atoms with Gasteiger partial charge in [-0.25, -0.2) is 0 Å². The first-order valence-corrected chi connectivity index (χ1v) is 3.37. The number of hydrogen-bond donors (Lipinski definition) is 1. The Balaban J connectivity index is 4.70. The Morgan fingerprint density at radius 1 is 1.42 bits per heavy atom. The van der Waals surface area contributed by atoms with Gasteiger partial charge in [-0.1, -0.05) is 13.5 Å². The average molecular weight is 186 g/mol. The van der Waals surface area contributed by atoms with Crippen LogP contribution in [0.25, 0.3) is 0 Å². The maximum absolute atomic E-state index is 12.5. The fourth-order valence-electron chi connectivity index (χ4n) is 0.615. The number of rotatable bonds is 4. The van der Waals surface area contributed by atoms with Crippen LogP contribution in [0.15, 0.2) is 12.7 Å². The predicted molar refractivity (Wildman–Crippen MR) is 36.4 cm³/mol. The molecule has 0 saturated carbocycles. The van der Waals surface area contributed by atoms with E-state index in [1.807, 2.05) is 0 Å². The van der Waals surface area contributed by atoms with E-state index in [1.54, 1.807) is 0 Å². The van der Waals surface area contributed by atoms with Crippen molar-refractivity contribution in [1.29, 1.82) is 0 Å². The molecule has 0 rings (SSSR count). The van der Waals surface area contributed by atoms with Crippen LogP contribution in [0.3, 0.4) is 0 Å². The molecule has 0 aromatic carbocycles. The highest BCUT2D eigenvalue weighted by molar-refractivity contribution is 5.01. The summed E-state index contributed by atoms with van der Waals surface area (Å²) in [7, 11) is 0. The molecule has 0 amide bonds. The Hall–Kier alpha value is -0.580. The molecular formula is C7H10F4O. The number of hydrogen-bond acceptors (Lipinski definition) is 1. The second kappa shape index (κ2) is 3.43. The molecular weight excluding hydrogens is 176 g/mol. The molecule has 5 heteroatoms. The number of halogens is 4. The molecule has 72 valence electrons. The molecule has 0 aromatic rings. The van der Waals surface area contributed by atoms with E-state index in [-0.39, 0.29) is 6.08 Å². The first kappa shape index (κ1) is 11.4. The number of aliphatic hydroxyl groups excluding tert-OH is 1. The van der Waals surface area contributed by atoms with E-state index >= 15 is 0 Å². The summed E-state index contributed by atoms with van der Waals surface area (Å²) in [6, 6.07) is 0. The molecule has 1 nitrogen and oxygen atoms in total. The zero-order chi connectivity index (χ0) is 9.99. The summed E-state index contributed by atoms with van der Waals surface area (Å²) in [5.74, 6) is -8.80. The van der Waals surface area contributed by atoms with E-state index < -0.39 is 24.4 Å². The summed E-state index contributed by atoms with van der Waals surface area (Å²) < 4.78 is 49.7. The molecule has 0 aliphatic rings. The highest BCUT2D eigenvalue weighted by atomic mass is 19.3. The zero-order valence-electron chi connectivity index (χ0n) is 6.53. The molecule has 12 heavy (non-hydrogen) atoms. The third kappa shape index (κ3) is 1.77. The van der Waals surface area contributed by atoms with Crippen LogP contribution in [-0.2, 0) is 0 Å². The van der Waals surface area contributed by atoms with Gasteiger partial charge in [0.2, 0.25) is 0 Å². The van der Waals surface area contributed by atoms with Crippen LogP contribution in [-0.4, -0.2) is 23.1 Å². The van der Waals surface area contributed by atoms with Crippen LogP contribution in [0, 0.1) is 0 Å².